The van der Waals surface area contributed by atoms with Crippen LogP contribution in [0.5, 0.6) is 0 Å². The van der Waals surface area contributed by atoms with Gasteiger partial charge in [0.15, 0.2) is 5.16 Å². The number of nitrogens with zero attached hydrogens (tertiary/aromatic N) is 3. The zero-order valence-corrected chi connectivity index (χ0v) is 15.6. The molecule has 1 aliphatic heterocycles. The van der Waals surface area contributed by atoms with Crippen LogP contribution >= 0.6 is 23.1 Å². The number of carbonyl (C=O) groups excluding carboxylic acids is 1. The summed E-state index contributed by atoms with van der Waals surface area (Å²) in [5.74, 6) is -0.0267. The van der Waals surface area contributed by atoms with Crippen LogP contribution in [-0.2, 0) is 11.0 Å². The van der Waals surface area contributed by atoms with Crippen LogP contribution in [0.1, 0.15) is 31.4 Å². The van der Waals surface area contributed by atoms with Gasteiger partial charge in [-0.3, -0.25) is 4.79 Å². The van der Waals surface area contributed by atoms with Crippen molar-refractivity contribution < 1.29 is 18.0 Å². The number of rotatable bonds is 4. The third-order valence-electron chi connectivity index (χ3n) is 4.05. The van der Waals surface area contributed by atoms with Crippen molar-refractivity contribution in [3.05, 3.63) is 29.3 Å². The number of alkyl halides is 3. The summed E-state index contributed by atoms with van der Waals surface area (Å²) in [7, 11) is 0. The van der Waals surface area contributed by atoms with Crippen LogP contribution in [0.3, 0.4) is 0 Å². The van der Waals surface area contributed by atoms with Crippen LogP contribution in [0.4, 0.5) is 13.2 Å². The van der Waals surface area contributed by atoms with Gasteiger partial charge in [0.05, 0.1) is 16.3 Å². The van der Waals surface area contributed by atoms with Crippen molar-refractivity contribution in [3.8, 4) is 10.6 Å². The van der Waals surface area contributed by atoms with Gasteiger partial charge in [-0.2, -0.15) is 13.2 Å². The smallest absolute Gasteiger partial charge is 0.342 e. The molecule has 2 aromatic rings. The molecule has 0 unspecified atom stereocenters. The van der Waals surface area contributed by atoms with Crippen molar-refractivity contribution in [1.29, 1.82) is 0 Å². The third kappa shape index (κ3) is 4.97. The highest BCUT2D eigenvalue weighted by Crippen LogP contribution is 2.33. The van der Waals surface area contributed by atoms with E-state index in [2.05, 4.69) is 9.97 Å². The lowest BCUT2D eigenvalue weighted by atomic mass is 10.2. The summed E-state index contributed by atoms with van der Waals surface area (Å²) in [4.78, 5) is 22.6. The van der Waals surface area contributed by atoms with Crippen molar-refractivity contribution in [2.45, 2.75) is 37.0 Å². The van der Waals surface area contributed by atoms with E-state index in [1.807, 2.05) is 0 Å². The first-order valence-corrected chi connectivity index (χ1v) is 10.2. The molecule has 1 fully saturated rings. The monoisotopic (exact) mass is 401 g/mol. The minimum Gasteiger partial charge on any atom is -0.342 e. The maximum absolute atomic E-state index is 13.2. The summed E-state index contributed by atoms with van der Waals surface area (Å²) in [6, 6.07) is 4.42. The van der Waals surface area contributed by atoms with Crippen LogP contribution in [-0.4, -0.2) is 39.6 Å². The van der Waals surface area contributed by atoms with Crippen molar-refractivity contribution in [3.63, 3.8) is 0 Å². The topological polar surface area (TPSA) is 46.1 Å². The normalized spacial score (nSPS) is 15.7. The molecule has 1 aliphatic rings. The van der Waals surface area contributed by atoms with Crippen LogP contribution in [0.2, 0.25) is 0 Å². The minimum absolute atomic E-state index is 0.0219. The van der Waals surface area contributed by atoms with Gasteiger partial charge in [0.25, 0.3) is 0 Å². The SMILES string of the molecule is O=C(CSc1nc(-c2cccs2)cc(C(F)(F)F)n1)N1CCCCCC1. The van der Waals surface area contributed by atoms with Crippen molar-refractivity contribution in [1.82, 2.24) is 14.9 Å². The fourth-order valence-corrected chi connectivity index (χ4v) is 4.17. The molecule has 0 aromatic carbocycles. The molecule has 0 spiro atoms. The quantitative estimate of drug-likeness (QED) is 0.549. The number of likely N-dealkylation sites (tertiary alicyclic amines) is 1. The van der Waals surface area contributed by atoms with Gasteiger partial charge in [0.2, 0.25) is 5.91 Å². The van der Waals surface area contributed by atoms with Crippen molar-refractivity contribution in [2.24, 2.45) is 0 Å². The van der Waals surface area contributed by atoms with E-state index in [9.17, 15) is 18.0 Å². The Morgan fingerprint density at radius 2 is 1.92 bits per heavy atom. The van der Waals surface area contributed by atoms with Gasteiger partial charge >= 0.3 is 6.18 Å². The summed E-state index contributed by atoms with van der Waals surface area (Å²) in [5, 5.41) is 1.76. The summed E-state index contributed by atoms with van der Waals surface area (Å²) in [6.07, 6.45) is -0.396. The number of hydrogen-bond donors (Lipinski definition) is 0. The Bertz CT molecular complexity index is 742. The summed E-state index contributed by atoms with van der Waals surface area (Å²) in [6.45, 7) is 1.42. The lowest BCUT2D eigenvalue weighted by Gasteiger charge is -2.19. The molecule has 0 atom stereocenters. The fraction of sp³-hybridized carbons (Fsp3) is 0.471. The Balaban J connectivity index is 1.76. The number of aromatic nitrogens is 2. The molecule has 1 saturated heterocycles. The molecule has 0 bridgehead atoms. The van der Waals surface area contributed by atoms with E-state index in [1.165, 1.54) is 11.3 Å². The minimum atomic E-state index is -4.56. The molecular formula is C17H18F3N3OS2. The standard InChI is InChI=1S/C17H18F3N3OS2/c18-17(19,20)14-10-12(13-6-5-9-25-13)21-16(22-14)26-11-15(24)23-7-3-1-2-4-8-23/h5-6,9-10H,1-4,7-8,11H2. The second kappa shape index (κ2) is 8.39. The molecule has 2 aromatic heterocycles. The average molecular weight is 401 g/mol. The average Bonchev–Trinajstić information content (AvgIpc) is 3.01. The van der Waals surface area contributed by atoms with Crippen LogP contribution in [0, 0.1) is 0 Å². The zero-order chi connectivity index (χ0) is 18.6. The Labute approximate surface area is 157 Å². The molecule has 0 saturated carbocycles. The van der Waals surface area contributed by atoms with Crippen molar-refractivity contribution >= 4 is 29.0 Å². The molecule has 3 heterocycles. The predicted molar refractivity (Wildman–Crippen MR) is 96.1 cm³/mol. The second-order valence-electron chi connectivity index (χ2n) is 5.98. The van der Waals surface area contributed by atoms with Gasteiger partial charge in [-0.15, -0.1) is 11.3 Å². The summed E-state index contributed by atoms with van der Waals surface area (Å²) in [5.41, 5.74) is -0.757. The van der Waals surface area contributed by atoms with Gasteiger partial charge < -0.3 is 4.90 Å². The molecule has 0 radical (unpaired) electrons. The predicted octanol–water partition coefficient (Wildman–Crippen LogP) is 4.72. The number of halogens is 3. The fourth-order valence-electron chi connectivity index (χ4n) is 2.72. The number of carbonyl (C=O) groups is 1. The first kappa shape index (κ1) is 19.2. The maximum atomic E-state index is 13.2. The van der Waals surface area contributed by atoms with E-state index in [1.54, 1.807) is 22.4 Å². The van der Waals surface area contributed by atoms with E-state index in [-0.39, 0.29) is 22.5 Å². The third-order valence-corrected chi connectivity index (χ3v) is 5.78. The van der Waals surface area contributed by atoms with E-state index in [0.717, 1.165) is 43.5 Å². The summed E-state index contributed by atoms with van der Waals surface area (Å²) >= 11 is 2.27. The molecule has 0 N–H and O–H groups in total. The zero-order valence-electron chi connectivity index (χ0n) is 14.0. The van der Waals surface area contributed by atoms with Gasteiger partial charge in [0, 0.05) is 13.1 Å². The molecule has 3 rings (SSSR count). The summed E-state index contributed by atoms with van der Waals surface area (Å²) < 4.78 is 39.5. The first-order valence-electron chi connectivity index (χ1n) is 8.34. The molecular weight excluding hydrogens is 383 g/mol. The Kier molecular flexibility index (Phi) is 6.18. The Hall–Kier alpha value is -1.61. The number of thioether (sulfide) groups is 1. The second-order valence-corrected chi connectivity index (χ2v) is 7.87. The van der Waals surface area contributed by atoms with E-state index in [0.29, 0.717) is 18.0 Å². The molecule has 0 aliphatic carbocycles. The largest absolute Gasteiger partial charge is 0.433 e. The lowest BCUT2D eigenvalue weighted by Crippen LogP contribution is -2.33. The Morgan fingerprint density at radius 1 is 1.19 bits per heavy atom. The molecule has 26 heavy (non-hydrogen) atoms. The van der Waals surface area contributed by atoms with Crippen LogP contribution < -0.4 is 0 Å². The maximum Gasteiger partial charge on any atom is 0.433 e. The molecule has 9 heteroatoms. The highest BCUT2D eigenvalue weighted by molar-refractivity contribution is 7.99. The molecule has 140 valence electrons. The van der Waals surface area contributed by atoms with Gasteiger partial charge in [0.1, 0.15) is 5.69 Å². The lowest BCUT2D eigenvalue weighted by molar-refractivity contribution is -0.141. The number of amides is 1. The van der Waals surface area contributed by atoms with Crippen molar-refractivity contribution in [2.75, 3.05) is 18.8 Å². The van der Waals surface area contributed by atoms with Gasteiger partial charge in [-0.25, -0.2) is 9.97 Å². The highest BCUT2D eigenvalue weighted by atomic mass is 32.2. The van der Waals surface area contributed by atoms with E-state index < -0.39 is 11.9 Å². The van der Waals surface area contributed by atoms with Crippen LogP contribution in [0.25, 0.3) is 10.6 Å². The highest BCUT2D eigenvalue weighted by Gasteiger charge is 2.34. The number of hydrogen-bond acceptors (Lipinski definition) is 5. The molecule has 1 amide bonds. The van der Waals surface area contributed by atoms with Crippen LogP contribution in [0.15, 0.2) is 28.7 Å². The first-order chi connectivity index (χ1) is 12.4. The Morgan fingerprint density at radius 3 is 2.54 bits per heavy atom. The van der Waals surface area contributed by atoms with Gasteiger partial charge in [-0.05, 0) is 30.4 Å². The van der Waals surface area contributed by atoms with Gasteiger partial charge in [-0.1, -0.05) is 30.7 Å². The van der Waals surface area contributed by atoms with E-state index in [4.69, 9.17) is 0 Å². The number of thiophene rings is 1. The molecule has 4 nitrogen and oxygen atoms in total. The van der Waals surface area contributed by atoms with E-state index >= 15 is 0 Å².